The van der Waals surface area contributed by atoms with Crippen LogP contribution in [0.3, 0.4) is 0 Å². The van der Waals surface area contributed by atoms with Gasteiger partial charge in [-0.3, -0.25) is 14.5 Å². The van der Waals surface area contributed by atoms with Crippen LogP contribution >= 0.6 is 0 Å². The number of likely N-dealkylation sites (tertiary alicyclic amines) is 1. The van der Waals surface area contributed by atoms with Gasteiger partial charge in [0.25, 0.3) is 0 Å². The number of nitrogens with one attached hydrogen (secondary N) is 1. The van der Waals surface area contributed by atoms with E-state index in [0.29, 0.717) is 12.3 Å². The minimum Gasteiger partial charge on any atom is -0.480 e. The molecule has 0 saturated carbocycles. The molecule has 0 aliphatic carbocycles. The fourth-order valence-corrected chi connectivity index (χ4v) is 2.59. The van der Waals surface area contributed by atoms with Gasteiger partial charge in [0, 0.05) is 13.6 Å². The Bertz CT molecular complexity index is 294. The smallest absolute Gasteiger partial charge is 0.320 e. The van der Waals surface area contributed by atoms with Crippen LogP contribution < -0.4 is 5.32 Å². The monoisotopic (exact) mass is 256 g/mol. The van der Waals surface area contributed by atoms with Crippen molar-refractivity contribution in [3.63, 3.8) is 0 Å². The standard InChI is InChI=1S/C13H24N2O3/c1-3-4-5-6-10-7-11(13(17)18)15(8-10)9-12(16)14-2/h10-11H,3-9H2,1-2H3,(H,14,16)(H,17,18). The SMILES string of the molecule is CCCCCC1CC(C(=O)O)N(CC(=O)NC)C1. The van der Waals surface area contributed by atoms with Crippen LogP contribution in [0.4, 0.5) is 0 Å². The number of aliphatic carboxylic acids is 1. The Kier molecular flexibility index (Phi) is 6.12. The minimum absolute atomic E-state index is 0.115. The van der Waals surface area contributed by atoms with E-state index >= 15 is 0 Å². The summed E-state index contributed by atoms with van der Waals surface area (Å²) in [6, 6.07) is -0.492. The zero-order valence-electron chi connectivity index (χ0n) is 11.3. The summed E-state index contributed by atoms with van der Waals surface area (Å²) in [6.07, 6.45) is 5.28. The van der Waals surface area contributed by atoms with Crippen LogP contribution in [0.5, 0.6) is 0 Å². The lowest BCUT2D eigenvalue weighted by atomic mass is 9.98. The van der Waals surface area contributed by atoms with Crippen molar-refractivity contribution in [3.05, 3.63) is 0 Å². The molecule has 18 heavy (non-hydrogen) atoms. The van der Waals surface area contributed by atoms with Crippen molar-refractivity contribution in [1.82, 2.24) is 10.2 Å². The van der Waals surface area contributed by atoms with Crippen molar-refractivity contribution in [3.8, 4) is 0 Å². The van der Waals surface area contributed by atoms with Crippen molar-refractivity contribution in [2.45, 2.75) is 45.1 Å². The summed E-state index contributed by atoms with van der Waals surface area (Å²) in [4.78, 5) is 24.3. The van der Waals surface area contributed by atoms with E-state index in [0.717, 1.165) is 19.4 Å². The summed E-state index contributed by atoms with van der Waals surface area (Å²) in [5.74, 6) is -0.505. The number of amides is 1. The quantitative estimate of drug-likeness (QED) is 0.669. The number of carbonyl (C=O) groups excluding carboxylic acids is 1. The third-order valence-electron chi connectivity index (χ3n) is 3.62. The molecule has 0 aromatic rings. The molecule has 0 spiro atoms. The number of carbonyl (C=O) groups is 2. The highest BCUT2D eigenvalue weighted by Crippen LogP contribution is 2.27. The molecule has 2 unspecified atom stereocenters. The van der Waals surface area contributed by atoms with E-state index in [-0.39, 0.29) is 12.5 Å². The normalized spacial score (nSPS) is 24.1. The van der Waals surface area contributed by atoms with Gasteiger partial charge < -0.3 is 10.4 Å². The number of carboxylic acids is 1. The number of hydrogen-bond donors (Lipinski definition) is 2. The largest absolute Gasteiger partial charge is 0.480 e. The Labute approximate surface area is 109 Å². The Balaban J connectivity index is 2.49. The van der Waals surface area contributed by atoms with Crippen molar-refractivity contribution in [2.24, 2.45) is 5.92 Å². The average Bonchev–Trinajstić information content (AvgIpc) is 2.72. The lowest BCUT2D eigenvalue weighted by Gasteiger charge is -2.19. The first-order valence-electron chi connectivity index (χ1n) is 6.75. The Morgan fingerprint density at radius 3 is 2.67 bits per heavy atom. The van der Waals surface area contributed by atoms with E-state index in [2.05, 4.69) is 12.2 Å². The molecule has 0 aromatic heterocycles. The third kappa shape index (κ3) is 4.29. The maximum absolute atomic E-state index is 11.4. The number of unbranched alkanes of at least 4 members (excludes halogenated alkanes) is 2. The first-order valence-corrected chi connectivity index (χ1v) is 6.75. The Morgan fingerprint density at radius 1 is 1.39 bits per heavy atom. The molecule has 0 aromatic carbocycles. The van der Waals surface area contributed by atoms with Crippen LogP contribution in [0, 0.1) is 5.92 Å². The number of nitrogens with zero attached hydrogens (tertiary/aromatic N) is 1. The second kappa shape index (κ2) is 7.36. The summed E-state index contributed by atoms with van der Waals surface area (Å²) in [5, 5.41) is 11.7. The molecule has 2 atom stereocenters. The van der Waals surface area contributed by atoms with Crippen LogP contribution in [0.1, 0.15) is 39.0 Å². The van der Waals surface area contributed by atoms with Crippen LogP contribution in [0.2, 0.25) is 0 Å². The van der Waals surface area contributed by atoms with Crippen molar-refractivity contribution < 1.29 is 14.7 Å². The molecule has 1 fully saturated rings. The minimum atomic E-state index is -0.808. The molecular formula is C13H24N2O3. The lowest BCUT2D eigenvalue weighted by molar-refractivity contribution is -0.142. The van der Waals surface area contributed by atoms with Crippen molar-refractivity contribution >= 4 is 11.9 Å². The van der Waals surface area contributed by atoms with Crippen molar-refractivity contribution in [2.75, 3.05) is 20.1 Å². The predicted octanol–water partition coefficient (Wildman–Crippen LogP) is 1.09. The van der Waals surface area contributed by atoms with Gasteiger partial charge >= 0.3 is 5.97 Å². The van der Waals surface area contributed by atoms with Gasteiger partial charge in [-0.25, -0.2) is 0 Å². The maximum atomic E-state index is 11.4. The third-order valence-corrected chi connectivity index (χ3v) is 3.62. The second-order valence-corrected chi connectivity index (χ2v) is 5.05. The van der Waals surface area contributed by atoms with E-state index in [1.54, 1.807) is 11.9 Å². The van der Waals surface area contributed by atoms with E-state index in [1.807, 2.05) is 0 Å². The number of rotatable bonds is 7. The summed E-state index contributed by atoms with van der Waals surface area (Å²) < 4.78 is 0. The second-order valence-electron chi connectivity index (χ2n) is 5.05. The van der Waals surface area contributed by atoms with Crippen LogP contribution in [0.15, 0.2) is 0 Å². The topological polar surface area (TPSA) is 69.6 Å². The molecule has 0 bridgehead atoms. The number of hydrogen-bond acceptors (Lipinski definition) is 3. The number of likely N-dealkylation sites (N-methyl/N-ethyl adjacent to an activating group) is 1. The van der Waals surface area contributed by atoms with E-state index in [4.69, 9.17) is 0 Å². The molecular weight excluding hydrogens is 232 g/mol. The summed E-state index contributed by atoms with van der Waals surface area (Å²) >= 11 is 0. The molecule has 5 nitrogen and oxygen atoms in total. The highest BCUT2D eigenvalue weighted by atomic mass is 16.4. The molecule has 5 heteroatoms. The van der Waals surface area contributed by atoms with Crippen LogP contribution in [-0.2, 0) is 9.59 Å². The van der Waals surface area contributed by atoms with Gasteiger partial charge in [0.1, 0.15) is 6.04 Å². The highest BCUT2D eigenvalue weighted by Gasteiger charge is 2.36. The van der Waals surface area contributed by atoms with Gasteiger partial charge in [-0.05, 0) is 18.8 Å². The molecule has 104 valence electrons. The van der Waals surface area contributed by atoms with Crippen LogP contribution in [0.25, 0.3) is 0 Å². The molecule has 2 N–H and O–H groups in total. The van der Waals surface area contributed by atoms with Crippen molar-refractivity contribution in [1.29, 1.82) is 0 Å². The zero-order chi connectivity index (χ0) is 13.5. The molecule has 1 saturated heterocycles. The Morgan fingerprint density at radius 2 is 2.11 bits per heavy atom. The fourth-order valence-electron chi connectivity index (χ4n) is 2.59. The van der Waals surface area contributed by atoms with Gasteiger partial charge in [-0.1, -0.05) is 26.2 Å². The van der Waals surface area contributed by atoms with Gasteiger partial charge in [-0.2, -0.15) is 0 Å². The zero-order valence-corrected chi connectivity index (χ0v) is 11.3. The maximum Gasteiger partial charge on any atom is 0.320 e. The summed E-state index contributed by atoms with van der Waals surface area (Å²) in [5.41, 5.74) is 0. The number of carboxylic acid groups (broad SMARTS) is 1. The lowest BCUT2D eigenvalue weighted by Crippen LogP contribution is -2.42. The Hall–Kier alpha value is -1.10. The molecule has 0 radical (unpaired) electrons. The summed E-state index contributed by atoms with van der Waals surface area (Å²) in [6.45, 7) is 3.08. The van der Waals surface area contributed by atoms with Gasteiger partial charge in [0.2, 0.25) is 5.91 Å². The van der Waals surface area contributed by atoms with E-state index < -0.39 is 12.0 Å². The highest BCUT2D eigenvalue weighted by molar-refractivity contribution is 5.79. The first-order chi connectivity index (χ1) is 8.58. The first kappa shape index (κ1) is 15.0. The molecule has 1 aliphatic heterocycles. The molecule has 1 heterocycles. The van der Waals surface area contributed by atoms with Gasteiger partial charge in [0.05, 0.1) is 6.54 Å². The van der Waals surface area contributed by atoms with Gasteiger partial charge in [0.15, 0.2) is 0 Å². The average molecular weight is 256 g/mol. The molecule has 1 amide bonds. The predicted molar refractivity (Wildman–Crippen MR) is 69.3 cm³/mol. The fraction of sp³-hybridized carbons (Fsp3) is 0.846. The molecule has 1 aliphatic rings. The van der Waals surface area contributed by atoms with E-state index in [1.165, 1.54) is 12.8 Å². The molecule has 1 rings (SSSR count). The van der Waals surface area contributed by atoms with E-state index in [9.17, 15) is 14.7 Å². The van der Waals surface area contributed by atoms with Gasteiger partial charge in [-0.15, -0.1) is 0 Å². The summed E-state index contributed by atoms with van der Waals surface area (Å²) in [7, 11) is 1.58. The van der Waals surface area contributed by atoms with Crippen LogP contribution in [-0.4, -0.2) is 48.1 Å².